The summed E-state index contributed by atoms with van der Waals surface area (Å²) in [6, 6.07) is 16.9. The van der Waals surface area contributed by atoms with Crippen molar-refractivity contribution >= 4 is 10.0 Å². The summed E-state index contributed by atoms with van der Waals surface area (Å²) in [5.41, 5.74) is 4.06. The molecule has 0 aliphatic carbocycles. The van der Waals surface area contributed by atoms with Crippen molar-refractivity contribution in [2.45, 2.75) is 30.7 Å². The highest BCUT2D eigenvalue weighted by molar-refractivity contribution is 7.89. The van der Waals surface area contributed by atoms with Gasteiger partial charge in [-0.2, -0.15) is 4.31 Å². The maximum Gasteiger partial charge on any atom is 0.260 e. The van der Waals surface area contributed by atoms with E-state index in [0.717, 1.165) is 18.4 Å². The summed E-state index contributed by atoms with van der Waals surface area (Å²) < 4.78 is 27.7. The minimum Gasteiger partial charge on any atom is -0.365 e. The van der Waals surface area contributed by atoms with E-state index in [0.29, 0.717) is 24.7 Å². The van der Waals surface area contributed by atoms with Gasteiger partial charge in [-0.15, -0.1) is 0 Å². The van der Waals surface area contributed by atoms with Crippen LogP contribution in [0.5, 0.6) is 0 Å². The average Bonchev–Trinajstić information content (AvgIpc) is 3.15. The number of nitrogens with zero attached hydrogens (tertiary/aromatic N) is 2. The van der Waals surface area contributed by atoms with Crippen LogP contribution in [-0.4, -0.2) is 35.8 Å². The second-order valence-electron chi connectivity index (χ2n) is 6.98. The Balaban J connectivity index is 1.54. The third-order valence-electron chi connectivity index (χ3n) is 5.26. The van der Waals surface area contributed by atoms with Crippen molar-refractivity contribution in [3.05, 3.63) is 72.1 Å². The summed E-state index contributed by atoms with van der Waals surface area (Å²) in [5.74, 6) is 0.384. The van der Waals surface area contributed by atoms with Crippen LogP contribution >= 0.6 is 0 Å². The first kappa shape index (κ1) is 17.9. The molecule has 6 heteroatoms. The molecule has 4 rings (SSSR count). The fourth-order valence-corrected chi connectivity index (χ4v) is 5.17. The highest BCUT2D eigenvalue weighted by atomic mass is 32.2. The lowest BCUT2D eigenvalue weighted by atomic mass is 9.93. The molecule has 2 aromatic heterocycles. The van der Waals surface area contributed by atoms with Crippen molar-refractivity contribution in [2.75, 3.05) is 13.1 Å². The number of H-pyrrole nitrogens is 1. The molecular formula is C21H23N3O2S. The van der Waals surface area contributed by atoms with Gasteiger partial charge in [0, 0.05) is 36.5 Å². The first-order valence-corrected chi connectivity index (χ1v) is 10.7. The summed E-state index contributed by atoms with van der Waals surface area (Å²) in [4.78, 5) is 7.74. The molecule has 0 atom stereocenters. The number of hydrogen-bond acceptors (Lipinski definition) is 3. The topological polar surface area (TPSA) is 66.1 Å². The zero-order chi connectivity index (χ0) is 18.9. The van der Waals surface area contributed by atoms with E-state index in [2.05, 4.69) is 23.0 Å². The normalized spacial score (nSPS) is 16.5. The van der Waals surface area contributed by atoms with Gasteiger partial charge in [0.2, 0.25) is 0 Å². The van der Waals surface area contributed by atoms with Gasteiger partial charge >= 0.3 is 0 Å². The monoisotopic (exact) mass is 381 g/mol. The van der Waals surface area contributed by atoms with Crippen LogP contribution in [-0.2, 0) is 10.0 Å². The van der Waals surface area contributed by atoms with Gasteiger partial charge in [0.1, 0.15) is 0 Å². The Labute approximate surface area is 160 Å². The summed E-state index contributed by atoms with van der Waals surface area (Å²) in [5, 5.41) is 0.123. The Morgan fingerprint density at radius 2 is 1.74 bits per heavy atom. The summed E-state index contributed by atoms with van der Waals surface area (Å²) in [6.45, 7) is 3.12. The number of sulfonamides is 1. The molecule has 0 saturated carbocycles. The van der Waals surface area contributed by atoms with E-state index in [-0.39, 0.29) is 5.03 Å². The van der Waals surface area contributed by atoms with Crippen LogP contribution in [0.4, 0.5) is 0 Å². The lowest BCUT2D eigenvalue weighted by Crippen LogP contribution is -2.38. The van der Waals surface area contributed by atoms with Gasteiger partial charge in [-0.05, 0) is 43.5 Å². The van der Waals surface area contributed by atoms with Crippen LogP contribution in [0.2, 0.25) is 0 Å². The number of nitrogens with one attached hydrogen (secondary N) is 1. The summed E-state index contributed by atoms with van der Waals surface area (Å²) in [6.07, 6.45) is 3.59. The molecular weight excluding hydrogens is 358 g/mol. The number of rotatable bonds is 4. The third kappa shape index (κ3) is 3.55. The Morgan fingerprint density at radius 3 is 2.41 bits per heavy atom. The molecule has 1 aliphatic heterocycles. The summed E-state index contributed by atoms with van der Waals surface area (Å²) >= 11 is 0. The molecule has 1 saturated heterocycles. The molecule has 1 aromatic carbocycles. The molecule has 0 spiro atoms. The zero-order valence-corrected chi connectivity index (χ0v) is 16.1. The second-order valence-corrected chi connectivity index (χ2v) is 8.86. The van der Waals surface area contributed by atoms with E-state index in [1.807, 2.05) is 42.6 Å². The fourth-order valence-electron chi connectivity index (χ4n) is 3.75. The number of pyridine rings is 1. The number of aryl methyl sites for hydroxylation is 1. The van der Waals surface area contributed by atoms with Gasteiger partial charge in [-0.25, -0.2) is 13.4 Å². The van der Waals surface area contributed by atoms with E-state index in [1.54, 1.807) is 16.4 Å². The minimum absolute atomic E-state index is 0.123. The quantitative estimate of drug-likeness (QED) is 0.744. The molecule has 1 aliphatic rings. The molecule has 140 valence electrons. The lowest BCUT2D eigenvalue weighted by Gasteiger charge is -2.31. The standard InChI is InChI=1S/C21H23N3O2S/c1-16-10-13-22-21(16)18-11-14-24(15-12-18)27(25,26)20-9-5-8-19(23-20)17-6-3-2-4-7-17/h2-10,13,18,22H,11-12,14-15H2,1H3. The number of benzene rings is 1. The van der Waals surface area contributed by atoms with Crippen molar-refractivity contribution in [2.24, 2.45) is 0 Å². The van der Waals surface area contributed by atoms with E-state index in [4.69, 9.17) is 0 Å². The minimum atomic E-state index is -3.58. The molecule has 5 nitrogen and oxygen atoms in total. The summed E-state index contributed by atoms with van der Waals surface area (Å²) in [7, 11) is -3.58. The average molecular weight is 382 g/mol. The highest BCUT2D eigenvalue weighted by Gasteiger charge is 2.31. The number of aromatic amines is 1. The van der Waals surface area contributed by atoms with Crippen LogP contribution in [0.15, 0.2) is 65.8 Å². The van der Waals surface area contributed by atoms with E-state index < -0.39 is 10.0 Å². The van der Waals surface area contributed by atoms with Gasteiger partial charge in [0.25, 0.3) is 10.0 Å². The number of piperidine rings is 1. The predicted octanol–water partition coefficient (Wildman–Crippen LogP) is 3.95. The SMILES string of the molecule is Cc1cc[nH]c1C1CCN(S(=O)(=O)c2cccc(-c3ccccc3)n2)CC1. The molecule has 0 unspecified atom stereocenters. The Kier molecular flexibility index (Phi) is 4.85. The largest absolute Gasteiger partial charge is 0.365 e. The molecule has 0 amide bonds. The number of aromatic nitrogens is 2. The van der Waals surface area contributed by atoms with Crippen LogP contribution < -0.4 is 0 Å². The van der Waals surface area contributed by atoms with Crippen molar-refractivity contribution in [1.82, 2.24) is 14.3 Å². The van der Waals surface area contributed by atoms with Crippen LogP contribution in [0.25, 0.3) is 11.3 Å². The van der Waals surface area contributed by atoms with Gasteiger partial charge in [0.15, 0.2) is 5.03 Å². The Bertz CT molecular complexity index is 1020. The molecule has 27 heavy (non-hydrogen) atoms. The predicted molar refractivity (Wildman–Crippen MR) is 106 cm³/mol. The first-order chi connectivity index (χ1) is 13.1. The first-order valence-electron chi connectivity index (χ1n) is 9.22. The van der Waals surface area contributed by atoms with Gasteiger partial charge < -0.3 is 4.98 Å². The van der Waals surface area contributed by atoms with Gasteiger partial charge in [-0.3, -0.25) is 0 Å². The van der Waals surface area contributed by atoms with Crippen LogP contribution in [0, 0.1) is 6.92 Å². The maximum absolute atomic E-state index is 13.1. The fraction of sp³-hybridized carbons (Fsp3) is 0.286. The van der Waals surface area contributed by atoms with Gasteiger partial charge in [0.05, 0.1) is 5.69 Å². The zero-order valence-electron chi connectivity index (χ0n) is 15.3. The van der Waals surface area contributed by atoms with Crippen LogP contribution in [0.1, 0.15) is 30.0 Å². The van der Waals surface area contributed by atoms with Crippen molar-refractivity contribution in [3.8, 4) is 11.3 Å². The molecule has 1 N–H and O–H groups in total. The maximum atomic E-state index is 13.1. The van der Waals surface area contributed by atoms with Crippen molar-refractivity contribution in [1.29, 1.82) is 0 Å². The van der Waals surface area contributed by atoms with E-state index in [1.165, 1.54) is 11.3 Å². The highest BCUT2D eigenvalue weighted by Crippen LogP contribution is 2.31. The van der Waals surface area contributed by atoms with E-state index in [9.17, 15) is 8.42 Å². The Hall–Kier alpha value is -2.44. The molecule has 0 radical (unpaired) electrons. The second kappa shape index (κ2) is 7.29. The molecule has 3 heterocycles. The van der Waals surface area contributed by atoms with Crippen LogP contribution in [0.3, 0.4) is 0 Å². The van der Waals surface area contributed by atoms with E-state index >= 15 is 0 Å². The smallest absolute Gasteiger partial charge is 0.260 e. The number of hydrogen-bond donors (Lipinski definition) is 1. The lowest BCUT2D eigenvalue weighted by molar-refractivity contribution is 0.316. The van der Waals surface area contributed by atoms with Crippen molar-refractivity contribution in [3.63, 3.8) is 0 Å². The molecule has 0 bridgehead atoms. The molecule has 1 fully saturated rings. The van der Waals surface area contributed by atoms with Gasteiger partial charge in [-0.1, -0.05) is 36.4 Å². The molecule has 3 aromatic rings. The van der Waals surface area contributed by atoms with Crippen molar-refractivity contribution < 1.29 is 8.42 Å². The Morgan fingerprint density at radius 1 is 1.00 bits per heavy atom. The third-order valence-corrected chi connectivity index (χ3v) is 7.06.